The SMILES string of the molecule is CCOC(=O)/C(=N/Nc1cccc2cccnc12)c1ccccc1. The van der Waals surface area contributed by atoms with Crippen molar-refractivity contribution >= 4 is 28.3 Å². The average Bonchev–Trinajstić information content (AvgIpc) is 2.63. The number of para-hydroxylation sites is 1. The first-order valence-electron chi connectivity index (χ1n) is 7.69. The Morgan fingerprint density at radius 3 is 2.67 bits per heavy atom. The minimum atomic E-state index is -0.468. The largest absolute Gasteiger partial charge is 0.461 e. The van der Waals surface area contributed by atoms with Crippen molar-refractivity contribution in [2.24, 2.45) is 5.10 Å². The first-order chi connectivity index (χ1) is 11.8. The highest BCUT2D eigenvalue weighted by Gasteiger charge is 2.15. The van der Waals surface area contributed by atoms with Crippen LogP contribution in [0.15, 0.2) is 72.0 Å². The second-order valence-electron chi connectivity index (χ2n) is 5.04. The molecule has 3 aromatic rings. The minimum Gasteiger partial charge on any atom is -0.461 e. The molecule has 0 bridgehead atoms. The molecule has 0 fully saturated rings. The molecule has 0 spiro atoms. The van der Waals surface area contributed by atoms with Gasteiger partial charge in [-0.25, -0.2) is 4.79 Å². The Morgan fingerprint density at radius 2 is 1.88 bits per heavy atom. The van der Waals surface area contributed by atoms with E-state index >= 15 is 0 Å². The molecule has 5 nitrogen and oxygen atoms in total. The molecular formula is C19H17N3O2. The Hall–Kier alpha value is -3.21. The van der Waals surface area contributed by atoms with Crippen LogP contribution in [0.3, 0.4) is 0 Å². The molecular weight excluding hydrogens is 302 g/mol. The van der Waals surface area contributed by atoms with Crippen LogP contribution in [0.2, 0.25) is 0 Å². The molecule has 5 heteroatoms. The summed E-state index contributed by atoms with van der Waals surface area (Å²) in [5.41, 5.74) is 5.39. The van der Waals surface area contributed by atoms with Crippen LogP contribution in [-0.2, 0) is 9.53 Å². The van der Waals surface area contributed by atoms with Crippen LogP contribution in [0.1, 0.15) is 12.5 Å². The zero-order chi connectivity index (χ0) is 16.8. The summed E-state index contributed by atoms with van der Waals surface area (Å²) in [6, 6.07) is 18.8. The highest BCUT2D eigenvalue weighted by molar-refractivity contribution is 6.43. The zero-order valence-electron chi connectivity index (χ0n) is 13.3. The van der Waals surface area contributed by atoms with Gasteiger partial charge in [0.05, 0.1) is 17.8 Å². The van der Waals surface area contributed by atoms with E-state index in [1.807, 2.05) is 60.7 Å². The van der Waals surface area contributed by atoms with Gasteiger partial charge in [-0.1, -0.05) is 48.5 Å². The summed E-state index contributed by atoms with van der Waals surface area (Å²) in [7, 11) is 0. The van der Waals surface area contributed by atoms with Gasteiger partial charge in [-0.15, -0.1) is 0 Å². The maximum absolute atomic E-state index is 12.2. The molecule has 1 aromatic heterocycles. The van der Waals surface area contributed by atoms with Gasteiger partial charge >= 0.3 is 5.97 Å². The van der Waals surface area contributed by atoms with Crippen molar-refractivity contribution < 1.29 is 9.53 Å². The van der Waals surface area contributed by atoms with Crippen LogP contribution in [-0.4, -0.2) is 23.3 Å². The predicted molar refractivity (Wildman–Crippen MR) is 95.0 cm³/mol. The number of hydrazone groups is 1. The van der Waals surface area contributed by atoms with Gasteiger partial charge in [-0.2, -0.15) is 5.10 Å². The average molecular weight is 319 g/mol. The number of pyridine rings is 1. The quantitative estimate of drug-likeness (QED) is 0.443. The summed E-state index contributed by atoms with van der Waals surface area (Å²) in [5.74, 6) is -0.468. The van der Waals surface area contributed by atoms with Crippen molar-refractivity contribution in [3.05, 3.63) is 72.4 Å². The monoisotopic (exact) mass is 319 g/mol. The van der Waals surface area contributed by atoms with Gasteiger partial charge in [0.2, 0.25) is 0 Å². The molecule has 120 valence electrons. The molecule has 0 saturated heterocycles. The fraction of sp³-hybridized carbons (Fsp3) is 0.105. The molecule has 24 heavy (non-hydrogen) atoms. The summed E-state index contributed by atoms with van der Waals surface area (Å²) < 4.78 is 5.11. The Kier molecular flexibility index (Phi) is 4.81. The van der Waals surface area contributed by atoms with E-state index in [0.29, 0.717) is 12.2 Å². The van der Waals surface area contributed by atoms with E-state index < -0.39 is 5.97 Å². The van der Waals surface area contributed by atoms with Crippen LogP contribution in [0.25, 0.3) is 10.9 Å². The van der Waals surface area contributed by atoms with E-state index in [1.54, 1.807) is 13.1 Å². The molecule has 1 N–H and O–H groups in total. The molecule has 0 aliphatic heterocycles. The number of nitrogens with one attached hydrogen (secondary N) is 1. The molecule has 0 aliphatic rings. The Bertz CT molecular complexity index is 871. The number of hydrogen-bond acceptors (Lipinski definition) is 5. The number of aromatic nitrogens is 1. The maximum atomic E-state index is 12.2. The minimum absolute atomic E-state index is 0.227. The molecule has 1 heterocycles. The molecule has 0 amide bonds. The van der Waals surface area contributed by atoms with Gasteiger partial charge in [-0.05, 0) is 19.1 Å². The van der Waals surface area contributed by atoms with Crippen LogP contribution < -0.4 is 5.43 Å². The Labute approximate surface area is 140 Å². The number of benzene rings is 2. The van der Waals surface area contributed by atoms with Crippen LogP contribution in [0.5, 0.6) is 0 Å². The normalized spacial score (nSPS) is 11.3. The van der Waals surface area contributed by atoms with Gasteiger partial charge in [0.1, 0.15) is 0 Å². The van der Waals surface area contributed by atoms with E-state index in [4.69, 9.17) is 4.74 Å². The van der Waals surface area contributed by atoms with Gasteiger partial charge in [0.15, 0.2) is 5.71 Å². The molecule has 0 radical (unpaired) electrons. The third-order valence-electron chi connectivity index (χ3n) is 3.44. The van der Waals surface area contributed by atoms with E-state index in [2.05, 4.69) is 15.5 Å². The summed E-state index contributed by atoms with van der Waals surface area (Å²) in [6.07, 6.45) is 1.72. The standard InChI is InChI=1S/C19H17N3O2/c1-2-24-19(23)18(15-8-4-3-5-9-15)22-21-16-12-6-10-14-11-7-13-20-17(14)16/h3-13,21H,2H2,1H3/b22-18+. The van der Waals surface area contributed by atoms with E-state index in [-0.39, 0.29) is 5.71 Å². The van der Waals surface area contributed by atoms with Crippen molar-refractivity contribution in [3.63, 3.8) is 0 Å². The lowest BCUT2D eigenvalue weighted by atomic mass is 10.1. The summed E-state index contributed by atoms with van der Waals surface area (Å²) in [4.78, 5) is 16.6. The van der Waals surface area contributed by atoms with Crippen LogP contribution in [0.4, 0.5) is 5.69 Å². The topological polar surface area (TPSA) is 63.6 Å². The van der Waals surface area contributed by atoms with Crippen molar-refractivity contribution in [2.45, 2.75) is 6.92 Å². The third-order valence-corrected chi connectivity index (χ3v) is 3.44. The number of carbonyl (C=O) groups is 1. The fourth-order valence-corrected chi connectivity index (χ4v) is 2.33. The second kappa shape index (κ2) is 7.37. The number of nitrogens with zero attached hydrogens (tertiary/aromatic N) is 2. The highest BCUT2D eigenvalue weighted by atomic mass is 16.5. The molecule has 0 unspecified atom stereocenters. The lowest BCUT2D eigenvalue weighted by Crippen LogP contribution is -2.20. The van der Waals surface area contributed by atoms with E-state index in [9.17, 15) is 4.79 Å². The van der Waals surface area contributed by atoms with Crippen molar-refractivity contribution in [3.8, 4) is 0 Å². The smallest absolute Gasteiger partial charge is 0.359 e. The van der Waals surface area contributed by atoms with E-state index in [1.165, 1.54) is 0 Å². The lowest BCUT2D eigenvalue weighted by Gasteiger charge is -2.08. The molecule has 0 atom stereocenters. The van der Waals surface area contributed by atoms with E-state index in [0.717, 1.165) is 16.6 Å². The lowest BCUT2D eigenvalue weighted by molar-refractivity contribution is -0.134. The fourth-order valence-electron chi connectivity index (χ4n) is 2.33. The van der Waals surface area contributed by atoms with Gasteiger partial charge in [-0.3, -0.25) is 10.4 Å². The number of ether oxygens (including phenoxy) is 1. The van der Waals surface area contributed by atoms with Crippen LogP contribution >= 0.6 is 0 Å². The molecule has 0 saturated carbocycles. The number of carbonyl (C=O) groups excluding carboxylic acids is 1. The number of rotatable bonds is 5. The number of fused-ring (bicyclic) bond motifs is 1. The zero-order valence-corrected chi connectivity index (χ0v) is 13.3. The van der Waals surface area contributed by atoms with Gasteiger partial charge in [0, 0.05) is 17.1 Å². The third kappa shape index (κ3) is 3.41. The van der Waals surface area contributed by atoms with Gasteiger partial charge in [0.25, 0.3) is 0 Å². The second-order valence-corrected chi connectivity index (χ2v) is 5.04. The summed E-state index contributed by atoms with van der Waals surface area (Å²) >= 11 is 0. The molecule has 3 rings (SSSR count). The van der Waals surface area contributed by atoms with Gasteiger partial charge < -0.3 is 4.74 Å². The highest BCUT2D eigenvalue weighted by Crippen LogP contribution is 2.20. The molecule has 2 aromatic carbocycles. The first-order valence-corrected chi connectivity index (χ1v) is 7.69. The summed E-state index contributed by atoms with van der Waals surface area (Å²) in [5, 5.41) is 5.28. The Morgan fingerprint density at radius 1 is 1.08 bits per heavy atom. The number of hydrogen-bond donors (Lipinski definition) is 1. The Balaban J connectivity index is 1.97. The number of anilines is 1. The predicted octanol–water partition coefficient (Wildman–Crippen LogP) is 3.61. The molecule has 0 aliphatic carbocycles. The first kappa shape index (κ1) is 15.7. The van der Waals surface area contributed by atoms with Crippen LogP contribution in [0, 0.1) is 0 Å². The van der Waals surface area contributed by atoms with Crippen molar-refractivity contribution in [1.29, 1.82) is 0 Å². The van der Waals surface area contributed by atoms with Crippen molar-refractivity contribution in [2.75, 3.05) is 12.0 Å². The number of esters is 1. The maximum Gasteiger partial charge on any atom is 0.359 e. The summed E-state index contributed by atoms with van der Waals surface area (Å²) in [6.45, 7) is 2.06. The van der Waals surface area contributed by atoms with Crippen molar-refractivity contribution in [1.82, 2.24) is 4.98 Å².